The van der Waals surface area contributed by atoms with Gasteiger partial charge >= 0.3 is 24.3 Å². The molecule has 0 amide bonds. The van der Waals surface area contributed by atoms with Gasteiger partial charge < -0.3 is 29.1 Å². The molecule has 1 aromatic carbocycles. The Kier molecular flexibility index (Phi) is 6.28. The summed E-state index contributed by atoms with van der Waals surface area (Å²) in [6.07, 6.45) is -4.21. The Morgan fingerprint density at radius 2 is 2.10 bits per heavy atom. The number of hydrogen-bond acceptors (Lipinski definition) is 8. The van der Waals surface area contributed by atoms with Gasteiger partial charge in [-0.15, -0.1) is 13.2 Å². The number of carbonyl (C=O) groups excluding carboxylic acids is 1. The lowest BCUT2D eigenvalue weighted by atomic mass is 10.2. The van der Waals surface area contributed by atoms with Crippen molar-refractivity contribution in [1.82, 2.24) is 9.55 Å². The highest BCUT2D eigenvalue weighted by Crippen LogP contribution is 2.27. The van der Waals surface area contributed by atoms with E-state index in [9.17, 15) is 28.1 Å². The molecule has 0 spiro atoms. The first-order valence-corrected chi connectivity index (χ1v) is 8.72. The molecule has 0 N–H and O–H groups in total. The standard InChI is InChI=1S/C17H16F3N3O7/c18-17(19,20)30-13-4-2-1-3-11(13)10-28-16(24)27-8-6-12-5-7-22-9-14(23(25)26)21-15(22)29-12/h1-4,9,12H,5-8,10H2/t12-/m1/s1. The first-order valence-electron chi connectivity index (χ1n) is 8.72. The molecule has 162 valence electrons. The predicted molar refractivity (Wildman–Crippen MR) is 91.8 cm³/mol. The lowest BCUT2D eigenvalue weighted by Gasteiger charge is -2.21. The molecule has 10 nitrogen and oxygen atoms in total. The van der Waals surface area contributed by atoms with Crippen molar-refractivity contribution in [2.24, 2.45) is 0 Å². The summed E-state index contributed by atoms with van der Waals surface area (Å²) < 4.78 is 57.8. The number of hydrogen-bond donors (Lipinski definition) is 0. The van der Waals surface area contributed by atoms with Crippen LogP contribution in [-0.2, 0) is 22.6 Å². The van der Waals surface area contributed by atoms with E-state index in [2.05, 4.69) is 9.72 Å². The van der Waals surface area contributed by atoms with Gasteiger partial charge in [-0.2, -0.15) is 0 Å². The molecule has 3 rings (SSSR count). The second-order valence-corrected chi connectivity index (χ2v) is 6.19. The average molecular weight is 431 g/mol. The van der Waals surface area contributed by atoms with E-state index in [4.69, 9.17) is 14.2 Å². The zero-order chi connectivity index (χ0) is 21.7. The summed E-state index contributed by atoms with van der Waals surface area (Å²) in [7, 11) is 0. The Labute approximate surface area is 167 Å². The second-order valence-electron chi connectivity index (χ2n) is 6.19. The summed E-state index contributed by atoms with van der Waals surface area (Å²) in [5.41, 5.74) is 0.0239. The van der Waals surface area contributed by atoms with Crippen LogP contribution in [0.4, 0.5) is 23.8 Å². The first-order chi connectivity index (χ1) is 14.2. The smallest absolute Gasteiger partial charge is 0.442 e. The van der Waals surface area contributed by atoms with Crippen LogP contribution in [0.15, 0.2) is 30.5 Å². The Morgan fingerprint density at radius 3 is 2.83 bits per heavy atom. The zero-order valence-electron chi connectivity index (χ0n) is 15.3. The van der Waals surface area contributed by atoms with E-state index in [1.165, 1.54) is 29.0 Å². The summed E-state index contributed by atoms with van der Waals surface area (Å²) in [5.74, 6) is -0.793. The number of benzene rings is 1. The number of nitro groups is 1. The van der Waals surface area contributed by atoms with Crippen molar-refractivity contribution in [2.45, 2.75) is 38.5 Å². The number of alkyl halides is 3. The number of aryl methyl sites for hydroxylation is 1. The molecule has 1 aliphatic rings. The number of nitrogens with zero attached hydrogens (tertiary/aromatic N) is 3. The van der Waals surface area contributed by atoms with Gasteiger partial charge in [-0.3, -0.25) is 4.57 Å². The highest BCUT2D eigenvalue weighted by atomic mass is 19.4. The summed E-state index contributed by atoms with van der Waals surface area (Å²) in [6.45, 7) is -0.0829. The van der Waals surface area contributed by atoms with Crippen molar-refractivity contribution in [1.29, 1.82) is 0 Å². The molecule has 2 heterocycles. The van der Waals surface area contributed by atoms with E-state index >= 15 is 0 Å². The maximum atomic E-state index is 12.4. The number of aromatic nitrogens is 2. The van der Waals surface area contributed by atoms with Crippen molar-refractivity contribution in [3.8, 4) is 11.8 Å². The largest absolute Gasteiger partial charge is 0.573 e. The third-order valence-electron chi connectivity index (χ3n) is 4.08. The molecule has 1 atom stereocenters. The van der Waals surface area contributed by atoms with Crippen LogP contribution in [0.2, 0.25) is 0 Å². The molecule has 0 fully saturated rings. The Balaban J connectivity index is 1.42. The van der Waals surface area contributed by atoms with Crippen molar-refractivity contribution >= 4 is 12.0 Å². The Hall–Kier alpha value is -3.51. The minimum atomic E-state index is -4.87. The molecule has 0 saturated carbocycles. The van der Waals surface area contributed by atoms with Gasteiger partial charge in [-0.25, -0.2) is 4.79 Å². The number of rotatable bonds is 7. The number of ether oxygens (including phenoxy) is 4. The molecule has 13 heteroatoms. The average Bonchev–Trinajstić information content (AvgIpc) is 3.10. The van der Waals surface area contributed by atoms with Gasteiger partial charge in [0.25, 0.3) is 0 Å². The van der Waals surface area contributed by atoms with Gasteiger partial charge in [-0.1, -0.05) is 18.2 Å². The molecule has 0 radical (unpaired) electrons. The normalized spacial score (nSPS) is 15.6. The number of carbonyl (C=O) groups is 1. The van der Waals surface area contributed by atoms with Gasteiger partial charge in [-0.05, 0) is 11.0 Å². The maximum Gasteiger partial charge on any atom is 0.573 e. The molecular weight excluding hydrogens is 415 g/mol. The van der Waals surface area contributed by atoms with Crippen molar-refractivity contribution in [2.75, 3.05) is 6.61 Å². The molecule has 30 heavy (non-hydrogen) atoms. The van der Waals surface area contributed by atoms with Crippen LogP contribution in [0.1, 0.15) is 18.4 Å². The number of fused-ring (bicyclic) bond motifs is 1. The number of halogens is 3. The first kappa shape index (κ1) is 21.2. The minimum Gasteiger partial charge on any atom is -0.442 e. The van der Waals surface area contributed by atoms with Gasteiger partial charge in [0.05, 0.1) is 6.61 Å². The zero-order valence-corrected chi connectivity index (χ0v) is 15.3. The van der Waals surface area contributed by atoms with E-state index < -0.39 is 29.8 Å². The monoisotopic (exact) mass is 431 g/mol. The Morgan fingerprint density at radius 1 is 1.33 bits per heavy atom. The minimum absolute atomic E-state index is 0.0239. The number of para-hydroxylation sites is 1. The molecule has 0 saturated heterocycles. The van der Waals surface area contributed by atoms with Gasteiger partial charge in [0.2, 0.25) is 0 Å². The SMILES string of the molecule is O=C(OCC[C@H]1CCn2cc([N+](=O)[O-])nc2O1)OCc1ccccc1OC(F)(F)F. The van der Waals surface area contributed by atoms with Gasteiger partial charge in [0.15, 0.2) is 0 Å². The maximum absolute atomic E-state index is 12.4. The van der Waals surface area contributed by atoms with Crippen LogP contribution in [0.3, 0.4) is 0 Å². The summed E-state index contributed by atoms with van der Waals surface area (Å²) in [4.78, 5) is 25.6. The fourth-order valence-electron chi connectivity index (χ4n) is 2.72. The molecule has 1 aliphatic heterocycles. The van der Waals surface area contributed by atoms with Crippen molar-refractivity contribution in [3.63, 3.8) is 0 Å². The van der Waals surface area contributed by atoms with Crippen LogP contribution in [0.25, 0.3) is 0 Å². The number of imidazole rings is 1. The van der Waals surface area contributed by atoms with Crippen LogP contribution in [-0.4, -0.2) is 39.7 Å². The van der Waals surface area contributed by atoms with E-state index in [1.54, 1.807) is 0 Å². The van der Waals surface area contributed by atoms with Crippen LogP contribution < -0.4 is 9.47 Å². The highest BCUT2D eigenvalue weighted by Gasteiger charge is 2.32. The molecule has 0 bridgehead atoms. The molecule has 1 aromatic heterocycles. The van der Waals surface area contributed by atoms with Crippen LogP contribution in [0.5, 0.6) is 11.8 Å². The van der Waals surface area contributed by atoms with Crippen LogP contribution in [0, 0.1) is 10.1 Å². The topological polar surface area (TPSA) is 115 Å². The highest BCUT2D eigenvalue weighted by molar-refractivity contribution is 5.60. The Bertz CT molecular complexity index is 916. The van der Waals surface area contributed by atoms with E-state index in [0.717, 1.165) is 6.07 Å². The summed E-state index contributed by atoms with van der Waals surface area (Å²) in [6, 6.07) is 5.37. The third kappa shape index (κ3) is 5.75. The summed E-state index contributed by atoms with van der Waals surface area (Å²) in [5, 5.41) is 10.7. The van der Waals surface area contributed by atoms with Gasteiger partial charge in [0.1, 0.15) is 24.7 Å². The predicted octanol–water partition coefficient (Wildman–Crippen LogP) is 3.58. The lowest BCUT2D eigenvalue weighted by molar-refractivity contribution is -0.389. The van der Waals surface area contributed by atoms with Crippen LogP contribution >= 0.6 is 0 Å². The second kappa shape index (κ2) is 8.88. The molecule has 2 aromatic rings. The van der Waals surface area contributed by atoms with E-state index in [0.29, 0.717) is 13.0 Å². The lowest BCUT2D eigenvalue weighted by Crippen LogP contribution is -2.27. The van der Waals surface area contributed by atoms with Gasteiger partial charge in [0, 0.05) is 29.9 Å². The fraction of sp³-hybridized carbons (Fsp3) is 0.412. The third-order valence-corrected chi connectivity index (χ3v) is 4.08. The quantitative estimate of drug-likeness (QED) is 0.371. The van der Waals surface area contributed by atoms with Crippen molar-refractivity contribution < 1.29 is 41.8 Å². The molecular formula is C17H16F3N3O7. The van der Waals surface area contributed by atoms with Crippen molar-refractivity contribution in [3.05, 3.63) is 46.1 Å². The fourth-order valence-corrected chi connectivity index (χ4v) is 2.72. The van der Waals surface area contributed by atoms with E-state index in [1.807, 2.05) is 0 Å². The summed E-state index contributed by atoms with van der Waals surface area (Å²) >= 11 is 0. The molecule has 0 aliphatic carbocycles. The molecule has 0 unspecified atom stereocenters. The van der Waals surface area contributed by atoms with E-state index in [-0.39, 0.29) is 36.5 Å².